The molecule has 0 radical (unpaired) electrons. The topological polar surface area (TPSA) is 57.0 Å². The Hall–Kier alpha value is -2.51. The second-order valence-electron chi connectivity index (χ2n) is 8.11. The summed E-state index contributed by atoms with van der Waals surface area (Å²) in [5.41, 5.74) is 4.22. The van der Waals surface area contributed by atoms with E-state index in [0.717, 1.165) is 43.4 Å². The average molecular weight is 438 g/mol. The molecule has 0 N–H and O–H groups in total. The van der Waals surface area contributed by atoms with E-state index >= 15 is 0 Å². The molecule has 2 aliphatic rings. The molecule has 3 aromatic rings. The number of halogens is 1. The highest BCUT2D eigenvalue weighted by Gasteiger charge is 2.23. The number of carbonyl (C=O) groups is 1. The Morgan fingerprint density at radius 1 is 1.10 bits per heavy atom. The molecule has 1 aliphatic heterocycles. The number of fused-ring (bicyclic) bond motifs is 1. The van der Waals surface area contributed by atoms with E-state index in [-0.39, 0.29) is 17.7 Å². The first-order valence-corrected chi connectivity index (χ1v) is 11.7. The molecule has 0 saturated carbocycles. The van der Waals surface area contributed by atoms with Gasteiger partial charge in [0.1, 0.15) is 5.82 Å². The summed E-state index contributed by atoms with van der Waals surface area (Å²) in [5, 5.41) is 9.40. The van der Waals surface area contributed by atoms with E-state index in [9.17, 15) is 9.18 Å². The first-order chi connectivity index (χ1) is 15.2. The lowest BCUT2D eigenvalue weighted by Crippen LogP contribution is -2.17. The summed E-state index contributed by atoms with van der Waals surface area (Å²) in [7, 11) is 0. The van der Waals surface area contributed by atoms with Crippen molar-refractivity contribution < 1.29 is 13.9 Å². The highest BCUT2D eigenvalue weighted by atomic mass is 32.2. The predicted molar refractivity (Wildman–Crippen MR) is 118 cm³/mol. The molecule has 0 spiro atoms. The third-order valence-electron chi connectivity index (χ3n) is 5.98. The van der Waals surface area contributed by atoms with Crippen molar-refractivity contribution in [1.29, 1.82) is 0 Å². The molecule has 5 nitrogen and oxygen atoms in total. The molecule has 1 fully saturated rings. The van der Waals surface area contributed by atoms with Crippen LogP contribution >= 0.6 is 11.8 Å². The molecule has 2 heterocycles. The van der Waals surface area contributed by atoms with Crippen molar-refractivity contribution in [3.8, 4) is 11.4 Å². The zero-order valence-corrected chi connectivity index (χ0v) is 18.0. The van der Waals surface area contributed by atoms with E-state index in [0.29, 0.717) is 23.3 Å². The highest BCUT2D eigenvalue weighted by Crippen LogP contribution is 2.28. The molecule has 2 aromatic carbocycles. The maximum atomic E-state index is 13.4. The van der Waals surface area contributed by atoms with Crippen LogP contribution in [0.15, 0.2) is 47.6 Å². The van der Waals surface area contributed by atoms with Crippen molar-refractivity contribution >= 4 is 17.5 Å². The van der Waals surface area contributed by atoms with Gasteiger partial charge in [-0.1, -0.05) is 23.9 Å². The van der Waals surface area contributed by atoms with Crippen molar-refractivity contribution in [2.24, 2.45) is 0 Å². The molecule has 0 bridgehead atoms. The van der Waals surface area contributed by atoms with Gasteiger partial charge in [0.05, 0.1) is 18.4 Å². The van der Waals surface area contributed by atoms with Gasteiger partial charge in [-0.15, -0.1) is 10.2 Å². The third kappa shape index (κ3) is 4.43. The van der Waals surface area contributed by atoms with Crippen molar-refractivity contribution in [2.75, 3.05) is 12.4 Å². The summed E-state index contributed by atoms with van der Waals surface area (Å²) in [5.74, 6) is 0.771. The van der Waals surface area contributed by atoms with E-state index < -0.39 is 0 Å². The van der Waals surface area contributed by atoms with Gasteiger partial charge in [-0.3, -0.25) is 9.36 Å². The SMILES string of the molecule is O=C(CSc1nnc(-c2ccc(F)cc2)n1C[C@@H]1CCCO1)c1ccc2c(c1)CCC2. The van der Waals surface area contributed by atoms with Crippen LogP contribution in [0.25, 0.3) is 11.4 Å². The number of thioether (sulfide) groups is 1. The summed E-state index contributed by atoms with van der Waals surface area (Å²) in [6.07, 6.45) is 5.45. The Bertz CT molecular complexity index is 1090. The average Bonchev–Trinajstić information content (AvgIpc) is 3.54. The molecular formula is C24H24FN3O2S. The maximum Gasteiger partial charge on any atom is 0.192 e. The van der Waals surface area contributed by atoms with Gasteiger partial charge in [-0.05, 0) is 73.6 Å². The van der Waals surface area contributed by atoms with Gasteiger partial charge in [0, 0.05) is 17.7 Å². The first-order valence-electron chi connectivity index (χ1n) is 10.8. The molecule has 1 atom stereocenters. The van der Waals surface area contributed by atoms with Crippen LogP contribution in [0.4, 0.5) is 4.39 Å². The Balaban J connectivity index is 1.36. The molecule has 1 aliphatic carbocycles. The minimum absolute atomic E-state index is 0.0923. The Kier molecular flexibility index (Phi) is 5.87. The second kappa shape index (κ2) is 8.93. The number of ketones is 1. The van der Waals surface area contributed by atoms with E-state index in [1.165, 1.54) is 41.4 Å². The van der Waals surface area contributed by atoms with Crippen LogP contribution in [0.5, 0.6) is 0 Å². The van der Waals surface area contributed by atoms with Gasteiger partial charge in [-0.2, -0.15) is 0 Å². The zero-order valence-electron chi connectivity index (χ0n) is 17.2. The van der Waals surface area contributed by atoms with E-state index in [1.807, 2.05) is 16.7 Å². The maximum absolute atomic E-state index is 13.4. The lowest BCUT2D eigenvalue weighted by molar-refractivity contribution is 0.0953. The number of carbonyl (C=O) groups excluding carboxylic acids is 1. The summed E-state index contributed by atoms with van der Waals surface area (Å²) < 4.78 is 21.2. The Labute approximate surface area is 185 Å². The van der Waals surface area contributed by atoms with Gasteiger partial charge in [0.2, 0.25) is 0 Å². The van der Waals surface area contributed by atoms with Crippen LogP contribution in [-0.4, -0.2) is 39.0 Å². The number of Topliss-reactive ketones (excluding diaryl/α,β-unsaturated/α-hetero) is 1. The van der Waals surface area contributed by atoms with Crippen molar-refractivity contribution in [1.82, 2.24) is 14.8 Å². The molecule has 7 heteroatoms. The molecule has 1 aromatic heterocycles. The number of rotatable bonds is 7. The second-order valence-corrected chi connectivity index (χ2v) is 9.05. The minimum atomic E-state index is -0.288. The normalized spacial score (nSPS) is 17.8. The molecule has 160 valence electrons. The van der Waals surface area contributed by atoms with Gasteiger partial charge < -0.3 is 4.74 Å². The minimum Gasteiger partial charge on any atom is -0.376 e. The zero-order chi connectivity index (χ0) is 21.2. The Morgan fingerprint density at radius 2 is 1.94 bits per heavy atom. The van der Waals surface area contributed by atoms with Gasteiger partial charge >= 0.3 is 0 Å². The largest absolute Gasteiger partial charge is 0.376 e. The van der Waals surface area contributed by atoms with Crippen LogP contribution in [0.3, 0.4) is 0 Å². The van der Waals surface area contributed by atoms with Crippen LogP contribution in [0, 0.1) is 5.82 Å². The van der Waals surface area contributed by atoms with Crippen LogP contribution in [0.1, 0.15) is 40.7 Å². The van der Waals surface area contributed by atoms with Crippen molar-refractivity contribution in [3.05, 3.63) is 65.0 Å². The Morgan fingerprint density at radius 3 is 2.74 bits per heavy atom. The van der Waals surface area contributed by atoms with Crippen LogP contribution in [0.2, 0.25) is 0 Å². The summed E-state index contributed by atoms with van der Waals surface area (Å²) in [4.78, 5) is 12.8. The number of benzene rings is 2. The highest BCUT2D eigenvalue weighted by molar-refractivity contribution is 7.99. The summed E-state index contributed by atoms with van der Waals surface area (Å²) in [6, 6.07) is 12.3. The summed E-state index contributed by atoms with van der Waals surface area (Å²) in [6.45, 7) is 1.38. The summed E-state index contributed by atoms with van der Waals surface area (Å²) >= 11 is 1.40. The van der Waals surface area contributed by atoms with Gasteiger partial charge in [0.15, 0.2) is 16.8 Å². The van der Waals surface area contributed by atoms with Gasteiger partial charge in [-0.25, -0.2) is 4.39 Å². The standard InChI is InChI=1S/C24H24FN3O2S/c25-20-10-8-17(9-11-20)23-26-27-24(28(23)14-21-5-2-12-30-21)31-15-22(29)19-7-6-16-3-1-4-18(16)13-19/h6-11,13,21H,1-5,12,14-15H2/t21-/m0/s1. The van der Waals surface area contributed by atoms with Crippen LogP contribution < -0.4 is 0 Å². The molecular weight excluding hydrogens is 413 g/mol. The van der Waals surface area contributed by atoms with E-state index in [1.54, 1.807) is 12.1 Å². The molecule has 1 saturated heterocycles. The van der Waals surface area contributed by atoms with E-state index in [4.69, 9.17) is 4.74 Å². The molecule has 0 amide bonds. The lowest BCUT2D eigenvalue weighted by Gasteiger charge is -2.14. The fraction of sp³-hybridized carbons (Fsp3) is 0.375. The smallest absolute Gasteiger partial charge is 0.192 e. The fourth-order valence-corrected chi connectivity index (χ4v) is 5.17. The molecule has 31 heavy (non-hydrogen) atoms. The fourth-order valence-electron chi connectivity index (χ4n) is 4.32. The van der Waals surface area contributed by atoms with Crippen molar-refractivity contribution in [3.63, 3.8) is 0 Å². The van der Waals surface area contributed by atoms with Crippen LogP contribution in [-0.2, 0) is 24.1 Å². The predicted octanol–water partition coefficient (Wildman–Crippen LogP) is 4.73. The molecule has 0 unspecified atom stereocenters. The number of hydrogen-bond acceptors (Lipinski definition) is 5. The number of aryl methyl sites for hydroxylation is 2. The monoisotopic (exact) mass is 437 g/mol. The number of ether oxygens (including phenoxy) is 1. The van der Waals surface area contributed by atoms with E-state index in [2.05, 4.69) is 16.3 Å². The quantitative estimate of drug-likeness (QED) is 0.395. The van der Waals surface area contributed by atoms with Crippen molar-refractivity contribution in [2.45, 2.75) is 49.9 Å². The molecule has 5 rings (SSSR count). The first kappa shape index (κ1) is 20.4. The van der Waals surface area contributed by atoms with Gasteiger partial charge in [0.25, 0.3) is 0 Å². The third-order valence-corrected chi connectivity index (χ3v) is 6.95. The number of nitrogens with zero attached hydrogens (tertiary/aromatic N) is 3. The lowest BCUT2D eigenvalue weighted by atomic mass is 10.0. The number of hydrogen-bond donors (Lipinski definition) is 0. The number of aromatic nitrogens is 3.